The number of fused-ring (bicyclic) bond motifs is 1. The first kappa shape index (κ1) is 11.2. The van der Waals surface area contributed by atoms with Crippen molar-refractivity contribution in [2.24, 2.45) is 0 Å². The lowest BCUT2D eigenvalue weighted by molar-refractivity contribution is 0.0973. The normalized spacial score (nSPS) is 14.8. The van der Waals surface area contributed by atoms with Crippen molar-refractivity contribution in [1.82, 2.24) is 0 Å². The summed E-state index contributed by atoms with van der Waals surface area (Å²) < 4.78 is 0. The molecular weight excluding hydrogens is 198 g/mol. The summed E-state index contributed by atoms with van der Waals surface area (Å²) >= 11 is 0. The summed E-state index contributed by atoms with van der Waals surface area (Å²) in [6.45, 7) is 6.19. The molecule has 2 rings (SSSR count). The predicted octanol–water partition coefficient (Wildman–Crippen LogP) is 3.05. The minimum Gasteiger partial charge on any atom is -0.371 e. The smallest absolute Gasteiger partial charge is 0.165 e. The van der Waals surface area contributed by atoms with E-state index in [2.05, 4.69) is 36.9 Å². The zero-order valence-corrected chi connectivity index (χ0v) is 10.1. The van der Waals surface area contributed by atoms with Crippen LogP contribution in [0.5, 0.6) is 0 Å². The number of hydrogen-bond donors (Lipinski definition) is 0. The van der Waals surface area contributed by atoms with Gasteiger partial charge in [0.1, 0.15) is 0 Å². The van der Waals surface area contributed by atoms with Crippen LogP contribution in [0.3, 0.4) is 0 Å². The minimum absolute atomic E-state index is 0.323. The van der Waals surface area contributed by atoms with Crippen LogP contribution in [-0.2, 0) is 6.42 Å². The molecule has 1 aromatic rings. The third-order valence-corrected chi connectivity index (χ3v) is 3.36. The summed E-state index contributed by atoms with van der Waals surface area (Å²) in [6, 6.07) is 6.25. The summed E-state index contributed by atoms with van der Waals surface area (Å²) in [5, 5.41) is 0. The maximum atomic E-state index is 12.0. The van der Waals surface area contributed by atoms with Gasteiger partial charge in [-0.2, -0.15) is 0 Å². The molecule has 0 radical (unpaired) electrons. The first-order chi connectivity index (χ1) is 7.77. The average molecular weight is 217 g/mol. The number of carbonyl (C=O) groups excluding carboxylic acids is 1. The molecule has 0 heterocycles. The zero-order valence-electron chi connectivity index (χ0n) is 10.1. The van der Waals surface area contributed by atoms with Crippen LogP contribution in [0.2, 0.25) is 0 Å². The monoisotopic (exact) mass is 217 g/mol. The van der Waals surface area contributed by atoms with Gasteiger partial charge in [0.2, 0.25) is 0 Å². The summed E-state index contributed by atoms with van der Waals surface area (Å²) in [5.41, 5.74) is 3.35. The predicted molar refractivity (Wildman–Crippen MR) is 67.3 cm³/mol. The van der Waals surface area contributed by atoms with Gasteiger partial charge in [-0.3, -0.25) is 4.79 Å². The van der Waals surface area contributed by atoms with Crippen molar-refractivity contribution in [2.45, 2.75) is 33.1 Å². The maximum Gasteiger partial charge on any atom is 0.165 e. The maximum absolute atomic E-state index is 12.0. The van der Waals surface area contributed by atoms with E-state index in [1.54, 1.807) is 0 Å². The van der Waals surface area contributed by atoms with Gasteiger partial charge in [0, 0.05) is 30.8 Å². The number of anilines is 1. The molecule has 0 spiro atoms. The van der Waals surface area contributed by atoms with Gasteiger partial charge in [0.05, 0.1) is 0 Å². The Kier molecular flexibility index (Phi) is 3.28. The first-order valence-electron chi connectivity index (χ1n) is 6.18. The number of rotatable bonds is 3. The van der Waals surface area contributed by atoms with Gasteiger partial charge in [-0.15, -0.1) is 0 Å². The Morgan fingerprint density at radius 1 is 1.19 bits per heavy atom. The van der Waals surface area contributed by atoms with Crippen molar-refractivity contribution >= 4 is 11.5 Å². The summed E-state index contributed by atoms with van der Waals surface area (Å²) in [6.07, 6.45) is 2.77. The van der Waals surface area contributed by atoms with Gasteiger partial charge in [-0.1, -0.05) is 12.1 Å². The first-order valence-corrected chi connectivity index (χ1v) is 6.18. The molecule has 16 heavy (non-hydrogen) atoms. The Balaban J connectivity index is 2.49. The van der Waals surface area contributed by atoms with Gasteiger partial charge < -0.3 is 4.90 Å². The van der Waals surface area contributed by atoms with Crippen LogP contribution in [0, 0.1) is 0 Å². The minimum atomic E-state index is 0.323. The molecule has 0 saturated carbocycles. The lowest BCUT2D eigenvalue weighted by atomic mass is 9.89. The lowest BCUT2D eigenvalue weighted by Crippen LogP contribution is -2.25. The third kappa shape index (κ3) is 1.84. The quantitative estimate of drug-likeness (QED) is 0.775. The molecule has 0 amide bonds. The Hall–Kier alpha value is -1.31. The topological polar surface area (TPSA) is 20.3 Å². The van der Waals surface area contributed by atoms with Gasteiger partial charge in [-0.05, 0) is 38.3 Å². The Labute approximate surface area is 97.3 Å². The van der Waals surface area contributed by atoms with Crippen LogP contribution in [0.1, 0.15) is 42.6 Å². The number of Topliss-reactive ketones (excluding diaryl/α,β-unsaturated/α-hetero) is 1. The third-order valence-electron chi connectivity index (χ3n) is 3.36. The van der Waals surface area contributed by atoms with Crippen LogP contribution in [0.4, 0.5) is 5.69 Å². The standard InChI is InChI=1S/C14H19NO/c1-3-15(4-2)12-9-5-7-11-8-6-10-13(16)14(11)12/h5,7,9H,3-4,6,8,10H2,1-2H3. The summed E-state index contributed by atoms with van der Waals surface area (Å²) in [4.78, 5) is 14.3. The van der Waals surface area contributed by atoms with E-state index in [4.69, 9.17) is 0 Å². The van der Waals surface area contributed by atoms with Crippen molar-refractivity contribution in [1.29, 1.82) is 0 Å². The van der Waals surface area contributed by atoms with Crippen LogP contribution in [0.15, 0.2) is 18.2 Å². The number of carbonyl (C=O) groups is 1. The highest BCUT2D eigenvalue weighted by Crippen LogP contribution is 2.30. The molecule has 0 atom stereocenters. The number of aryl methyl sites for hydroxylation is 1. The number of ketones is 1. The molecule has 1 aromatic carbocycles. The van der Waals surface area contributed by atoms with E-state index in [0.717, 1.165) is 37.2 Å². The van der Waals surface area contributed by atoms with Gasteiger partial charge in [0.15, 0.2) is 5.78 Å². The van der Waals surface area contributed by atoms with Crippen molar-refractivity contribution < 1.29 is 4.79 Å². The largest absolute Gasteiger partial charge is 0.371 e. The second-order valence-electron chi connectivity index (χ2n) is 4.26. The number of hydrogen-bond acceptors (Lipinski definition) is 2. The van der Waals surface area contributed by atoms with Crippen molar-refractivity contribution in [3.63, 3.8) is 0 Å². The van der Waals surface area contributed by atoms with Crippen molar-refractivity contribution in [3.05, 3.63) is 29.3 Å². The van der Waals surface area contributed by atoms with E-state index in [1.165, 1.54) is 5.56 Å². The molecule has 1 aliphatic rings. The number of benzene rings is 1. The van der Waals surface area contributed by atoms with E-state index in [0.29, 0.717) is 12.2 Å². The summed E-state index contributed by atoms with van der Waals surface area (Å²) in [5.74, 6) is 0.323. The van der Waals surface area contributed by atoms with E-state index >= 15 is 0 Å². The lowest BCUT2D eigenvalue weighted by Gasteiger charge is -2.27. The molecule has 0 aliphatic heterocycles. The highest BCUT2D eigenvalue weighted by atomic mass is 16.1. The molecule has 0 saturated heterocycles. The molecule has 0 bridgehead atoms. The van der Waals surface area contributed by atoms with Crippen LogP contribution in [0.25, 0.3) is 0 Å². The van der Waals surface area contributed by atoms with Crippen LogP contribution < -0.4 is 4.90 Å². The second-order valence-corrected chi connectivity index (χ2v) is 4.26. The highest BCUT2D eigenvalue weighted by Gasteiger charge is 2.22. The van der Waals surface area contributed by atoms with Crippen molar-refractivity contribution in [2.75, 3.05) is 18.0 Å². The van der Waals surface area contributed by atoms with E-state index in [1.807, 2.05) is 0 Å². The molecule has 1 aliphatic carbocycles. The molecule has 0 N–H and O–H groups in total. The van der Waals surface area contributed by atoms with Crippen LogP contribution in [-0.4, -0.2) is 18.9 Å². The van der Waals surface area contributed by atoms with E-state index in [-0.39, 0.29) is 0 Å². The Morgan fingerprint density at radius 3 is 2.62 bits per heavy atom. The second kappa shape index (κ2) is 4.69. The fourth-order valence-electron chi connectivity index (χ4n) is 2.51. The van der Waals surface area contributed by atoms with Crippen molar-refractivity contribution in [3.8, 4) is 0 Å². The Morgan fingerprint density at radius 2 is 1.94 bits per heavy atom. The fraction of sp³-hybridized carbons (Fsp3) is 0.500. The average Bonchev–Trinajstić information content (AvgIpc) is 2.31. The fourth-order valence-corrected chi connectivity index (χ4v) is 2.51. The molecule has 0 aromatic heterocycles. The highest BCUT2D eigenvalue weighted by molar-refractivity contribution is 6.03. The molecule has 86 valence electrons. The number of nitrogens with zero attached hydrogens (tertiary/aromatic N) is 1. The summed E-state index contributed by atoms with van der Waals surface area (Å²) in [7, 11) is 0. The molecule has 0 fully saturated rings. The SMILES string of the molecule is CCN(CC)c1cccc2c1C(=O)CCC2. The zero-order chi connectivity index (χ0) is 11.5. The van der Waals surface area contributed by atoms with Gasteiger partial charge in [0.25, 0.3) is 0 Å². The Bertz CT molecular complexity index is 394. The molecular formula is C14H19NO. The van der Waals surface area contributed by atoms with Gasteiger partial charge in [-0.25, -0.2) is 0 Å². The van der Waals surface area contributed by atoms with E-state index in [9.17, 15) is 4.79 Å². The molecule has 2 nitrogen and oxygen atoms in total. The van der Waals surface area contributed by atoms with Crippen LogP contribution >= 0.6 is 0 Å². The molecule has 0 unspecified atom stereocenters. The van der Waals surface area contributed by atoms with E-state index < -0.39 is 0 Å². The van der Waals surface area contributed by atoms with Gasteiger partial charge >= 0.3 is 0 Å². The molecule has 2 heteroatoms.